The maximum absolute atomic E-state index is 13.3. The molecule has 0 atom stereocenters. The van der Waals surface area contributed by atoms with Crippen LogP contribution < -0.4 is 15.0 Å². The van der Waals surface area contributed by atoms with Crippen LogP contribution in [0.2, 0.25) is 0 Å². The minimum atomic E-state index is -3.80. The second-order valence-corrected chi connectivity index (χ2v) is 9.83. The van der Waals surface area contributed by atoms with Crippen molar-refractivity contribution in [2.45, 2.75) is 49.5 Å². The van der Waals surface area contributed by atoms with Gasteiger partial charge in [-0.05, 0) is 47.5 Å². The highest BCUT2D eigenvalue weighted by atomic mass is 32.2. The molecule has 0 saturated carbocycles. The number of benzene rings is 2. The SMILES string of the molecule is C.C.C.C.C.C.CN1C(=O)C2=C(c3ccc(S(=O)(=O)NCCO)cc3)N(C)C(=O)C2=C1c1ccc(ONCCO)cc1.O=S. The summed E-state index contributed by atoms with van der Waals surface area (Å²) in [7, 11) is -0.637. The summed E-state index contributed by atoms with van der Waals surface area (Å²) < 4.78 is 34.8. The van der Waals surface area contributed by atoms with Gasteiger partial charge >= 0.3 is 0 Å². The van der Waals surface area contributed by atoms with E-state index >= 15 is 0 Å². The highest BCUT2D eigenvalue weighted by Gasteiger charge is 2.46. The summed E-state index contributed by atoms with van der Waals surface area (Å²) in [6, 6.07) is 12.7. The summed E-state index contributed by atoms with van der Waals surface area (Å²) in [6.45, 7) is -0.254. The summed E-state index contributed by atoms with van der Waals surface area (Å²) in [5.74, 6) is -0.197. The lowest BCUT2D eigenvalue weighted by Crippen LogP contribution is -2.27. The van der Waals surface area contributed by atoms with Gasteiger partial charge < -0.3 is 24.9 Å². The van der Waals surface area contributed by atoms with Crippen LogP contribution in [0.25, 0.3) is 11.4 Å². The fourth-order valence-electron chi connectivity index (χ4n) is 4.12. The van der Waals surface area contributed by atoms with E-state index < -0.39 is 10.0 Å². The van der Waals surface area contributed by atoms with Gasteiger partial charge in [0.05, 0.1) is 47.2 Å². The number of sulfonamides is 1. The van der Waals surface area contributed by atoms with Gasteiger partial charge in [0, 0.05) is 20.6 Å². The van der Waals surface area contributed by atoms with Crippen molar-refractivity contribution in [1.82, 2.24) is 20.0 Å². The van der Waals surface area contributed by atoms with Crippen LogP contribution in [0.5, 0.6) is 5.75 Å². The minimum absolute atomic E-state index is 0. The quantitative estimate of drug-likeness (QED) is 0.220. The fourth-order valence-corrected chi connectivity index (χ4v) is 5.14. The van der Waals surface area contributed by atoms with Crippen molar-refractivity contribution in [3.63, 3.8) is 0 Å². The molecule has 12 nitrogen and oxygen atoms in total. The smallest absolute Gasteiger partial charge is 0.261 e. The molecule has 4 N–H and O–H groups in total. The van der Waals surface area contributed by atoms with Crippen LogP contribution >= 0.6 is 0 Å². The second-order valence-electron chi connectivity index (χ2n) is 8.07. The van der Waals surface area contributed by atoms with E-state index in [1.54, 1.807) is 50.5 Å². The molecule has 0 fully saturated rings. The summed E-state index contributed by atoms with van der Waals surface area (Å²) in [6.07, 6.45) is 0. The molecule has 2 aliphatic heterocycles. The van der Waals surface area contributed by atoms with Crippen LogP contribution in [-0.2, 0) is 32.1 Å². The van der Waals surface area contributed by atoms with Crippen LogP contribution in [0.1, 0.15) is 55.7 Å². The molecule has 2 heterocycles. The zero-order valence-corrected chi connectivity index (χ0v) is 22.1. The molecule has 250 valence electrons. The number of carbonyl (C=O) groups is 2. The molecule has 0 saturated heterocycles. The summed E-state index contributed by atoms with van der Waals surface area (Å²) in [5.41, 5.74) is 5.14. The molecule has 2 aromatic rings. The highest BCUT2D eigenvalue weighted by Crippen LogP contribution is 2.45. The zero-order valence-electron chi connectivity index (χ0n) is 20.5. The van der Waals surface area contributed by atoms with E-state index in [2.05, 4.69) is 22.7 Å². The molecule has 2 aliphatic rings. The molecule has 4 rings (SSSR count). The van der Waals surface area contributed by atoms with Crippen molar-refractivity contribution in [1.29, 1.82) is 0 Å². The van der Waals surface area contributed by atoms with Crippen molar-refractivity contribution in [2.75, 3.05) is 40.4 Å². The number of likely N-dealkylation sites (N-methyl/N-ethyl adjacent to an activating group) is 2. The Morgan fingerprint density at radius 2 is 1.09 bits per heavy atom. The standard InChI is InChI=1S/C24H26N4O7S.6CH4.OS/c1-27-21(15-3-7-17(8-4-15)35-25-11-13-29)19-20(24(27)32)22(28(2)23(19)31)16-5-9-18(10-6-16)36(33,34)26-12-14-30;;;;;;;1-2/h3-10,25-26,29-30H,11-14H2,1-2H3;6*1H4;. The Morgan fingerprint density at radius 3 is 1.48 bits per heavy atom. The van der Waals surface area contributed by atoms with Gasteiger partial charge in [0.1, 0.15) is 5.75 Å². The van der Waals surface area contributed by atoms with Crippen molar-refractivity contribution >= 4 is 45.8 Å². The number of carbonyl (C=O) groups excluding carboxylic acids is 2. The third-order valence-electron chi connectivity index (χ3n) is 5.81. The number of hydroxylamine groups is 1. The van der Waals surface area contributed by atoms with Gasteiger partial charge in [-0.1, -0.05) is 56.7 Å². The Labute approximate surface area is 269 Å². The van der Waals surface area contributed by atoms with E-state index in [0.29, 0.717) is 28.3 Å². The van der Waals surface area contributed by atoms with E-state index in [0.717, 1.165) is 0 Å². The number of rotatable bonds is 10. The first-order chi connectivity index (χ1) is 18.2. The Balaban J connectivity index is -0.000000980. The van der Waals surface area contributed by atoms with Crippen LogP contribution in [0.3, 0.4) is 0 Å². The Hall–Kier alpha value is -3.53. The zero-order chi connectivity index (χ0) is 28.0. The van der Waals surface area contributed by atoms with Crippen molar-refractivity contribution in [3.8, 4) is 5.75 Å². The number of fused-ring (bicyclic) bond motifs is 1. The number of hydrogen-bond acceptors (Lipinski definition) is 10. The van der Waals surface area contributed by atoms with Crippen LogP contribution in [0, 0.1) is 0 Å². The molecule has 0 aliphatic carbocycles. The van der Waals surface area contributed by atoms with Crippen LogP contribution in [0.4, 0.5) is 0 Å². The lowest BCUT2D eigenvalue weighted by Gasteiger charge is -2.20. The molecular formula is C30H50N4O8S2. The lowest BCUT2D eigenvalue weighted by molar-refractivity contribution is -0.123. The lowest BCUT2D eigenvalue weighted by atomic mass is 10.0. The predicted molar refractivity (Wildman–Crippen MR) is 179 cm³/mol. The van der Waals surface area contributed by atoms with Gasteiger partial charge in [0.25, 0.3) is 11.8 Å². The van der Waals surface area contributed by atoms with E-state index in [9.17, 15) is 18.0 Å². The Morgan fingerprint density at radius 1 is 0.705 bits per heavy atom. The fraction of sp³-hybridized carbons (Fsp3) is 0.400. The van der Waals surface area contributed by atoms with E-state index in [4.69, 9.17) is 19.3 Å². The normalized spacial score (nSPS) is 13.1. The van der Waals surface area contributed by atoms with Crippen molar-refractivity contribution in [3.05, 3.63) is 70.8 Å². The molecule has 0 radical (unpaired) electrons. The van der Waals surface area contributed by atoms with Gasteiger partial charge in [0.15, 0.2) is 12.5 Å². The number of nitrogens with zero attached hydrogens (tertiary/aromatic N) is 2. The molecule has 2 aromatic carbocycles. The molecule has 0 unspecified atom stereocenters. The molecule has 2 amide bonds. The summed E-state index contributed by atoms with van der Waals surface area (Å²) in [4.78, 5) is 34.7. The molecular weight excluding hydrogens is 608 g/mol. The van der Waals surface area contributed by atoms with Crippen LogP contribution in [-0.4, -0.2) is 84.9 Å². The van der Waals surface area contributed by atoms with Crippen molar-refractivity contribution in [2.24, 2.45) is 0 Å². The Bertz CT molecular complexity index is 1380. The number of aliphatic hydroxyl groups is 2. The monoisotopic (exact) mass is 658 g/mol. The summed E-state index contributed by atoms with van der Waals surface area (Å²) in [5, 5.41) is 17.7. The maximum Gasteiger partial charge on any atom is 0.261 e. The maximum atomic E-state index is 13.3. The van der Waals surface area contributed by atoms with Crippen LogP contribution in [0.15, 0.2) is 64.6 Å². The molecule has 14 heteroatoms. The molecule has 44 heavy (non-hydrogen) atoms. The first-order valence-electron chi connectivity index (χ1n) is 11.2. The van der Waals surface area contributed by atoms with Gasteiger partial charge in [0.2, 0.25) is 10.0 Å². The highest BCUT2D eigenvalue weighted by molar-refractivity contribution is 7.89. The molecule has 0 bridgehead atoms. The van der Waals surface area contributed by atoms with Crippen molar-refractivity contribution < 1.29 is 37.3 Å². The average molecular weight is 659 g/mol. The largest absolute Gasteiger partial charge is 0.409 e. The second kappa shape index (κ2) is 20.4. The van der Waals surface area contributed by atoms with Gasteiger partial charge in [-0.2, -0.15) is 9.69 Å². The third-order valence-corrected chi connectivity index (χ3v) is 7.28. The Kier molecular flexibility index (Phi) is 22.0. The van der Waals surface area contributed by atoms with Gasteiger partial charge in [-0.3, -0.25) is 9.59 Å². The van der Waals surface area contributed by atoms with Gasteiger partial charge in [-0.25, -0.2) is 13.1 Å². The minimum Gasteiger partial charge on any atom is -0.409 e. The number of aliphatic hydroxyl groups excluding tert-OH is 2. The summed E-state index contributed by atoms with van der Waals surface area (Å²) >= 11 is 2.83. The van der Waals surface area contributed by atoms with Gasteiger partial charge in [-0.15, -0.1) is 0 Å². The third kappa shape index (κ3) is 9.24. The number of hydrogen-bond donors (Lipinski definition) is 4. The first kappa shape index (κ1) is 47.4. The predicted octanol–water partition coefficient (Wildman–Crippen LogP) is 3.38. The van der Waals surface area contributed by atoms with E-state index in [1.165, 1.54) is 21.9 Å². The number of nitrogens with one attached hydrogen (secondary N) is 2. The van der Waals surface area contributed by atoms with E-state index in [1.807, 2.05) is 0 Å². The number of amides is 2. The topological polar surface area (TPSA) is 166 Å². The van der Waals surface area contributed by atoms with E-state index in [-0.39, 0.29) is 98.7 Å². The first-order valence-corrected chi connectivity index (χ1v) is 13.1. The molecule has 0 aromatic heterocycles. The average Bonchev–Trinajstić information content (AvgIpc) is 3.34. The molecule has 0 spiro atoms.